The number of hydrogen-bond donors (Lipinski definition) is 2. The Bertz CT molecular complexity index is 617. The second-order valence-electron chi connectivity index (χ2n) is 5.13. The van der Waals surface area contributed by atoms with Gasteiger partial charge >= 0.3 is 5.97 Å². The Morgan fingerprint density at radius 2 is 2.10 bits per heavy atom. The van der Waals surface area contributed by atoms with Crippen LogP contribution in [0.15, 0.2) is 35.8 Å². The van der Waals surface area contributed by atoms with E-state index in [1.54, 1.807) is 29.7 Å². The van der Waals surface area contributed by atoms with Gasteiger partial charge in [-0.05, 0) is 29.5 Å². The lowest BCUT2D eigenvalue weighted by Gasteiger charge is -2.21. The standard InChI is InChI=1S/C15H18N2O3S/c1-10(2)14(12-6-4-8-21-12)16-15(20)11-5-3-7-17(11)9-13(18)19/h3-8,10,14H,9H2,1-2H3,(H,16,20)(H,18,19). The minimum atomic E-state index is -0.973. The molecule has 6 heteroatoms. The maximum atomic E-state index is 12.4. The van der Waals surface area contributed by atoms with Gasteiger partial charge in [0, 0.05) is 11.1 Å². The first-order valence-corrected chi connectivity index (χ1v) is 7.58. The fraction of sp³-hybridized carbons (Fsp3) is 0.333. The molecule has 0 aromatic carbocycles. The average molecular weight is 306 g/mol. The maximum absolute atomic E-state index is 12.4. The van der Waals surface area contributed by atoms with E-state index in [0.717, 1.165) is 4.88 Å². The number of carboxylic acid groups (broad SMARTS) is 1. The second kappa shape index (κ2) is 6.58. The molecule has 0 saturated heterocycles. The Hall–Kier alpha value is -2.08. The summed E-state index contributed by atoms with van der Waals surface area (Å²) in [7, 11) is 0. The average Bonchev–Trinajstić information content (AvgIpc) is 3.05. The van der Waals surface area contributed by atoms with Gasteiger partial charge in [0.15, 0.2) is 0 Å². The molecule has 0 radical (unpaired) electrons. The minimum absolute atomic E-state index is 0.0781. The Labute approximate surface area is 127 Å². The molecular weight excluding hydrogens is 288 g/mol. The van der Waals surface area contributed by atoms with Gasteiger partial charge < -0.3 is 15.0 Å². The number of nitrogens with one attached hydrogen (secondary N) is 1. The molecular formula is C15H18N2O3S. The SMILES string of the molecule is CC(C)C(NC(=O)c1cccn1CC(=O)O)c1cccs1. The van der Waals surface area contributed by atoms with Crippen LogP contribution in [0.2, 0.25) is 0 Å². The highest BCUT2D eigenvalue weighted by Gasteiger charge is 2.21. The number of amides is 1. The summed E-state index contributed by atoms with van der Waals surface area (Å²) in [4.78, 5) is 24.3. The number of nitrogens with zero attached hydrogens (tertiary/aromatic N) is 1. The van der Waals surface area contributed by atoms with Crippen molar-refractivity contribution in [3.05, 3.63) is 46.4 Å². The Balaban J connectivity index is 2.16. The molecule has 2 N–H and O–H groups in total. The van der Waals surface area contributed by atoms with Crippen molar-refractivity contribution >= 4 is 23.2 Å². The lowest BCUT2D eigenvalue weighted by Crippen LogP contribution is -2.33. The molecule has 5 nitrogen and oxygen atoms in total. The lowest BCUT2D eigenvalue weighted by molar-refractivity contribution is -0.137. The van der Waals surface area contributed by atoms with Crippen LogP contribution >= 0.6 is 11.3 Å². The quantitative estimate of drug-likeness (QED) is 0.862. The first-order valence-electron chi connectivity index (χ1n) is 6.70. The highest BCUT2D eigenvalue weighted by atomic mass is 32.1. The van der Waals surface area contributed by atoms with Gasteiger partial charge in [0.05, 0.1) is 6.04 Å². The number of carboxylic acids is 1. The van der Waals surface area contributed by atoms with E-state index in [1.807, 2.05) is 31.4 Å². The van der Waals surface area contributed by atoms with E-state index in [1.165, 1.54) is 4.57 Å². The Kier molecular flexibility index (Phi) is 4.80. The molecule has 0 spiro atoms. The maximum Gasteiger partial charge on any atom is 0.323 e. The van der Waals surface area contributed by atoms with Crippen molar-refractivity contribution in [3.8, 4) is 0 Å². The summed E-state index contributed by atoms with van der Waals surface area (Å²) < 4.78 is 1.43. The van der Waals surface area contributed by atoms with Crippen LogP contribution < -0.4 is 5.32 Å². The van der Waals surface area contributed by atoms with Crippen LogP contribution in [0.5, 0.6) is 0 Å². The third-order valence-electron chi connectivity index (χ3n) is 3.17. The van der Waals surface area contributed by atoms with Crippen LogP contribution in [0.4, 0.5) is 0 Å². The van der Waals surface area contributed by atoms with Gasteiger partial charge in [0.1, 0.15) is 12.2 Å². The summed E-state index contributed by atoms with van der Waals surface area (Å²) in [6.45, 7) is 3.86. The lowest BCUT2D eigenvalue weighted by atomic mass is 10.0. The summed E-state index contributed by atoms with van der Waals surface area (Å²) >= 11 is 1.60. The second-order valence-corrected chi connectivity index (χ2v) is 6.10. The van der Waals surface area contributed by atoms with Gasteiger partial charge in [-0.2, -0.15) is 0 Å². The van der Waals surface area contributed by atoms with Crippen molar-refractivity contribution in [1.82, 2.24) is 9.88 Å². The molecule has 2 heterocycles. The fourth-order valence-corrected chi connectivity index (χ4v) is 3.10. The van der Waals surface area contributed by atoms with E-state index in [0.29, 0.717) is 5.69 Å². The van der Waals surface area contributed by atoms with Crippen LogP contribution in [0.3, 0.4) is 0 Å². The number of aliphatic carboxylic acids is 1. The topological polar surface area (TPSA) is 71.3 Å². The molecule has 0 fully saturated rings. The molecule has 21 heavy (non-hydrogen) atoms. The van der Waals surface area contributed by atoms with Crippen LogP contribution in [-0.2, 0) is 11.3 Å². The molecule has 0 aliphatic rings. The summed E-state index contributed by atoms with van der Waals surface area (Å²) in [5.41, 5.74) is 0.361. The van der Waals surface area contributed by atoms with Crippen molar-refractivity contribution in [2.24, 2.45) is 5.92 Å². The van der Waals surface area contributed by atoms with Crippen molar-refractivity contribution in [1.29, 1.82) is 0 Å². The molecule has 1 amide bonds. The number of carbonyl (C=O) groups excluding carboxylic acids is 1. The monoisotopic (exact) mass is 306 g/mol. The first-order chi connectivity index (χ1) is 9.99. The van der Waals surface area contributed by atoms with Crippen LogP contribution in [0.25, 0.3) is 0 Å². The van der Waals surface area contributed by atoms with Gasteiger partial charge in [0.2, 0.25) is 0 Å². The van der Waals surface area contributed by atoms with E-state index < -0.39 is 5.97 Å². The summed E-state index contributed by atoms with van der Waals surface area (Å²) in [6.07, 6.45) is 1.60. The molecule has 112 valence electrons. The van der Waals surface area contributed by atoms with E-state index in [-0.39, 0.29) is 24.4 Å². The number of carbonyl (C=O) groups is 2. The van der Waals surface area contributed by atoms with Crippen molar-refractivity contribution in [2.45, 2.75) is 26.4 Å². The van der Waals surface area contributed by atoms with E-state index in [2.05, 4.69) is 5.32 Å². The molecule has 0 bridgehead atoms. The van der Waals surface area contributed by atoms with Gasteiger partial charge in [-0.25, -0.2) is 0 Å². The molecule has 0 aliphatic carbocycles. The van der Waals surface area contributed by atoms with Crippen molar-refractivity contribution in [3.63, 3.8) is 0 Å². The van der Waals surface area contributed by atoms with E-state index >= 15 is 0 Å². The molecule has 2 aromatic rings. The third-order valence-corrected chi connectivity index (χ3v) is 4.13. The van der Waals surface area contributed by atoms with Gasteiger partial charge in [-0.3, -0.25) is 9.59 Å². The molecule has 2 rings (SSSR count). The predicted molar refractivity (Wildman–Crippen MR) is 81.4 cm³/mol. The van der Waals surface area contributed by atoms with Crippen molar-refractivity contribution in [2.75, 3.05) is 0 Å². The van der Waals surface area contributed by atoms with Gasteiger partial charge in [0.25, 0.3) is 5.91 Å². The number of aromatic nitrogens is 1. The van der Waals surface area contributed by atoms with Crippen LogP contribution in [-0.4, -0.2) is 21.6 Å². The minimum Gasteiger partial charge on any atom is -0.480 e. The summed E-state index contributed by atoms with van der Waals surface area (Å²) in [5.74, 6) is -0.984. The fourth-order valence-electron chi connectivity index (χ4n) is 2.15. The van der Waals surface area contributed by atoms with Crippen molar-refractivity contribution < 1.29 is 14.7 Å². The molecule has 0 saturated carbocycles. The smallest absolute Gasteiger partial charge is 0.323 e. The normalized spacial score (nSPS) is 12.3. The zero-order chi connectivity index (χ0) is 15.4. The predicted octanol–water partition coefficient (Wildman–Crippen LogP) is 2.76. The molecule has 0 aliphatic heterocycles. The van der Waals surface area contributed by atoms with Crippen LogP contribution in [0.1, 0.15) is 35.3 Å². The van der Waals surface area contributed by atoms with E-state index in [4.69, 9.17) is 5.11 Å². The largest absolute Gasteiger partial charge is 0.480 e. The highest BCUT2D eigenvalue weighted by Crippen LogP contribution is 2.26. The molecule has 1 atom stereocenters. The van der Waals surface area contributed by atoms with E-state index in [9.17, 15) is 9.59 Å². The number of hydrogen-bond acceptors (Lipinski definition) is 3. The zero-order valence-corrected chi connectivity index (χ0v) is 12.8. The Morgan fingerprint density at radius 3 is 2.67 bits per heavy atom. The molecule has 2 aromatic heterocycles. The van der Waals surface area contributed by atoms with Crippen LogP contribution in [0, 0.1) is 5.92 Å². The third kappa shape index (κ3) is 3.72. The van der Waals surface area contributed by atoms with Gasteiger partial charge in [-0.15, -0.1) is 11.3 Å². The highest BCUT2D eigenvalue weighted by molar-refractivity contribution is 7.10. The molecule has 1 unspecified atom stereocenters. The number of thiophene rings is 1. The summed E-state index contributed by atoms with van der Waals surface area (Å²) in [5, 5.41) is 13.8. The zero-order valence-electron chi connectivity index (χ0n) is 11.9. The Morgan fingerprint density at radius 1 is 1.33 bits per heavy atom. The summed E-state index contributed by atoms with van der Waals surface area (Å²) in [6, 6.07) is 7.17. The van der Waals surface area contributed by atoms with Gasteiger partial charge in [-0.1, -0.05) is 19.9 Å². The number of rotatable bonds is 6. The first kappa shape index (κ1) is 15.3.